The first kappa shape index (κ1) is 25.3. The summed E-state index contributed by atoms with van der Waals surface area (Å²) in [7, 11) is 0. The van der Waals surface area contributed by atoms with E-state index in [1.165, 1.54) is 0 Å². The summed E-state index contributed by atoms with van der Waals surface area (Å²) in [6.07, 6.45) is 2.02. The number of fused-ring (bicyclic) bond motifs is 6. The molecule has 0 radical (unpaired) electrons. The van der Waals surface area contributed by atoms with Gasteiger partial charge in [0, 0.05) is 39.0 Å². The van der Waals surface area contributed by atoms with Crippen molar-refractivity contribution in [2.24, 2.45) is 0 Å². The zero-order chi connectivity index (χ0) is 29.7. The molecule has 0 amide bonds. The molecule has 0 N–H and O–H groups in total. The Balaban J connectivity index is 1.18. The standard InChI is InChI=1S/C40H25N5/c1-2-12-26(13-3-1)36-33-20-6-7-21-34(33)41-39(43-36)30-17-11-15-28(25-30)27-14-10-16-29(24-27)37-31-18-4-5-19-32(31)38-40(44-37)45-23-9-8-22-35(45)42-38/h1-25H. The van der Waals surface area contributed by atoms with Crippen LogP contribution in [0.15, 0.2) is 152 Å². The lowest BCUT2D eigenvalue weighted by molar-refractivity contribution is 1.19. The van der Waals surface area contributed by atoms with Gasteiger partial charge >= 0.3 is 0 Å². The molecule has 0 spiro atoms. The Bertz CT molecular complexity index is 2550. The Labute approximate surface area is 259 Å². The molecule has 4 aromatic heterocycles. The van der Waals surface area contributed by atoms with Crippen LogP contribution in [0.25, 0.3) is 83.5 Å². The van der Waals surface area contributed by atoms with Crippen LogP contribution in [0, 0.1) is 0 Å². The second kappa shape index (κ2) is 10.2. The van der Waals surface area contributed by atoms with Gasteiger partial charge in [0.2, 0.25) is 0 Å². The van der Waals surface area contributed by atoms with E-state index < -0.39 is 0 Å². The smallest absolute Gasteiger partial charge is 0.165 e. The van der Waals surface area contributed by atoms with Gasteiger partial charge in [0.1, 0.15) is 11.2 Å². The van der Waals surface area contributed by atoms with Gasteiger partial charge in [0.05, 0.1) is 16.9 Å². The Hall–Kier alpha value is -6.20. The van der Waals surface area contributed by atoms with Crippen molar-refractivity contribution in [3.8, 4) is 45.0 Å². The number of rotatable bonds is 4. The second-order valence-electron chi connectivity index (χ2n) is 11.2. The third kappa shape index (κ3) is 4.25. The lowest BCUT2D eigenvalue weighted by Gasteiger charge is -2.11. The molecular formula is C40H25N5. The van der Waals surface area contributed by atoms with E-state index in [1.807, 2.05) is 54.7 Å². The topological polar surface area (TPSA) is 56.0 Å². The summed E-state index contributed by atoms with van der Waals surface area (Å²) in [6, 6.07) is 50.1. The van der Waals surface area contributed by atoms with E-state index in [0.29, 0.717) is 5.82 Å². The lowest BCUT2D eigenvalue weighted by Crippen LogP contribution is -1.95. The minimum atomic E-state index is 0.705. The Morgan fingerprint density at radius 2 is 1.02 bits per heavy atom. The fraction of sp³-hybridized carbons (Fsp3) is 0. The van der Waals surface area contributed by atoms with Crippen molar-refractivity contribution in [2.75, 3.05) is 0 Å². The summed E-state index contributed by atoms with van der Waals surface area (Å²) in [4.78, 5) is 20.2. The third-order valence-electron chi connectivity index (χ3n) is 8.40. The van der Waals surface area contributed by atoms with Crippen molar-refractivity contribution in [3.63, 3.8) is 0 Å². The number of pyridine rings is 2. The quantitative estimate of drug-likeness (QED) is 0.210. The summed E-state index contributed by atoms with van der Waals surface area (Å²) < 4.78 is 2.06. The molecule has 210 valence electrons. The number of para-hydroxylation sites is 1. The van der Waals surface area contributed by atoms with Crippen LogP contribution in [0.4, 0.5) is 0 Å². The summed E-state index contributed by atoms with van der Waals surface area (Å²) in [5.41, 5.74) is 10.7. The van der Waals surface area contributed by atoms with Crippen molar-refractivity contribution >= 4 is 38.5 Å². The summed E-state index contributed by atoms with van der Waals surface area (Å²) >= 11 is 0. The summed E-state index contributed by atoms with van der Waals surface area (Å²) in [5, 5.41) is 3.22. The molecule has 9 aromatic rings. The molecule has 0 atom stereocenters. The number of hydrogen-bond acceptors (Lipinski definition) is 4. The Kier molecular flexibility index (Phi) is 5.74. The number of aromatic nitrogens is 5. The zero-order valence-electron chi connectivity index (χ0n) is 24.2. The van der Waals surface area contributed by atoms with Gasteiger partial charge in [-0.25, -0.2) is 19.9 Å². The van der Waals surface area contributed by atoms with Crippen molar-refractivity contribution in [1.29, 1.82) is 0 Å². The average Bonchev–Trinajstić information content (AvgIpc) is 3.50. The Morgan fingerprint density at radius 3 is 1.87 bits per heavy atom. The first-order valence-corrected chi connectivity index (χ1v) is 15.0. The molecule has 0 unspecified atom stereocenters. The van der Waals surface area contributed by atoms with Crippen molar-refractivity contribution in [1.82, 2.24) is 24.3 Å². The maximum Gasteiger partial charge on any atom is 0.165 e. The largest absolute Gasteiger partial charge is 0.284 e. The third-order valence-corrected chi connectivity index (χ3v) is 8.40. The van der Waals surface area contributed by atoms with E-state index >= 15 is 0 Å². The minimum Gasteiger partial charge on any atom is -0.284 e. The van der Waals surface area contributed by atoms with Gasteiger partial charge in [-0.05, 0) is 41.5 Å². The van der Waals surface area contributed by atoms with Crippen LogP contribution in [0.2, 0.25) is 0 Å². The van der Waals surface area contributed by atoms with E-state index in [0.717, 1.165) is 77.7 Å². The molecule has 0 aliphatic rings. The van der Waals surface area contributed by atoms with Crippen LogP contribution in [0.1, 0.15) is 0 Å². The maximum atomic E-state index is 5.21. The Morgan fingerprint density at radius 1 is 0.400 bits per heavy atom. The van der Waals surface area contributed by atoms with Gasteiger partial charge in [-0.3, -0.25) is 4.40 Å². The highest BCUT2D eigenvalue weighted by Crippen LogP contribution is 2.35. The number of hydrogen-bond donors (Lipinski definition) is 0. The first-order valence-electron chi connectivity index (χ1n) is 15.0. The highest BCUT2D eigenvalue weighted by Gasteiger charge is 2.16. The molecule has 5 nitrogen and oxygen atoms in total. The molecular weight excluding hydrogens is 550 g/mol. The van der Waals surface area contributed by atoms with Crippen LogP contribution in [0.5, 0.6) is 0 Å². The van der Waals surface area contributed by atoms with Crippen LogP contribution >= 0.6 is 0 Å². The van der Waals surface area contributed by atoms with Crippen LogP contribution < -0.4 is 0 Å². The van der Waals surface area contributed by atoms with Gasteiger partial charge in [-0.2, -0.15) is 0 Å². The molecule has 0 bridgehead atoms. The van der Waals surface area contributed by atoms with Crippen LogP contribution in [0.3, 0.4) is 0 Å². The van der Waals surface area contributed by atoms with Gasteiger partial charge in [-0.15, -0.1) is 0 Å². The first-order chi connectivity index (χ1) is 22.3. The van der Waals surface area contributed by atoms with E-state index in [2.05, 4.69) is 101 Å². The molecule has 0 aliphatic carbocycles. The predicted molar refractivity (Wildman–Crippen MR) is 183 cm³/mol. The molecule has 4 heterocycles. The minimum absolute atomic E-state index is 0.705. The van der Waals surface area contributed by atoms with E-state index in [1.54, 1.807) is 0 Å². The lowest BCUT2D eigenvalue weighted by atomic mass is 9.97. The maximum absolute atomic E-state index is 5.21. The molecule has 45 heavy (non-hydrogen) atoms. The second-order valence-corrected chi connectivity index (χ2v) is 11.2. The molecule has 0 fully saturated rings. The SMILES string of the molecule is c1ccc(-c2nc(-c3cccc(-c4cccc(-c5nc6c(nc7ccccn76)c6ccccc56)c4)c3)nc3ccccc23)cc1. The van der Waals surface area contributed by atoms with Crippen molar-refractivity contribution in [2.45, 2.75) is 0 Å². The molecule has 0 saturated carbocycles. The molecule has 0 saturated heterocycles. The number of imidazole rings is 1. The van der Waals surface area contributed by atoms with Crippen LogP contribution in [-0.4, -0.2) is 24.3 Å². The normalized spacial score (nSPS) is 11.6. The summed E-state index contributed by atoms with van der Waals surface area (Å²) in [5.74, 6) is 0.705. The van der Waals surface area contributed by atoms with E-state index in [-0.39, 0.29) is 0 Å². The molecule has 5 heteroatoms. The van der Waals surface area contributed by atoms with E-state index in [4.69, 9.17) is 19.9 Å². The molecule has 0 aliphatic heterocycles. The number of nitrogens with zero attached hydrogens (tertiary/aromatic N) is 5. The average molecular weight is 576 g/mol. The summed E-state index contributed by atoms with van der Waals surface area (Å²) in [6.45, 7) is 0. The van der Waals surface area contributed by atoms with E-state index in [9.17, 15) is 0 Å². The fourth-order valence-electron chi connectivity index (χ4n) is 6.26. The highest BCUT2D eigenvalue weighted by atomic mass is 15.1. The monoisotopic (exact) mass is 575 g/mol. The van der Waals surface area contributed by atoms with Gasteiger partial charge in [0.25, 0.3) is 0 Å². The molecule has 5 aromatic carbocycles. The highest BCUT2D eigenvalue weighted by molar-refractivity contribution is 6.09. The zero-order valence-corrected chi connectivity index (χ0v) is 24.2. The van der Waals surface area contributed by atoms with Gasteiger partial charge < -0.3 is 0 Å². The van der Waals surface area contributed by atoms with Crippen molar-refractivity contribution in [3.05, 3.63) is 152 Å². The van der Waals surface area contributed by atoms with Gasteiger partial charge in [-0.1, -0.05) is 115 Å². The van der Waals surface area contributed by atoms with Gasteiger partial charge in [0.15, 0.2) is 11.5 Å². The van der Waals surface area contributed by atoms with Crippen LogP contribution in [-0.2, 0) is 0 Å². The number of benzene rings is 5. The van der Waals surface area contributed by atoms with Crippen molar-refractivity contribution < 1.29 is 0 Å². The molecule has 9 rings (SSSR count). The predicted octanol–water partition coefficient (Wildman–Crippen LogP) is 9.65. The fourth-order valence-corrected chi connectivity index (χ4v) is 6.26.